The molecule has 2 aromatic carbocycles. The van der Waals surface area contributed by atoms with Gasteiger partial charge in [-0.2, -0.15) is 65.9 Å². The smallest absolute Gasteiger partial charge is 0.405 e. The van der Waals surface area contributed by atoms with E-state index in [2.05, 4.69) is 30.0 Å². The van der Waals surface area contributed by atoms with Gasteiger partial charge in [0.15, 0.2) is 10.8 Å². The van der Waals surface area contributed by atoms with E-state index in [0.717, 1.165) is 13.8 Å². The number of nitrogens with two attached hydrogens (primary N) is 1. The van der Waals surface area contributed by atoms with Crippen LogP contribution in [0.25, 0.3) is 11.1 Å². The van der Waals surface area contributed by atoms with Crippen molar-refractivity contribution in [1.29, 1.82) is 0 Å². The number of carbonyl (C=O) groups excluding carboxylic acids is 2. The highest BCUT2D eigenvalue weighted by Crippen LogP contribution is 2.55. The maximum absolute atomic E-state index is 12.2. The molecule has 0 saturated carbocycles. The van der Waals surface area contributed by atoms with Crippen molar-refractivity contribution in [1.82, 2.24) is 0 Å². The van der Waals surface area contributed by atoms with Crippen LogP contribution in [0.4, 0.5) is 65.9 Å². The quantitative estimate of drug-likeness (QED) is 0.142. The number of carboxylic acids is 2. The standard InChI is InChI=1S/C16H14O2.C7H8F6O2.C6H7F6NO2.C5H7F3O/c1-11(17)18-10-16-14-8-4-2-6-12(14)13-7-3-5-9-15(13)16;1-3(4(14)15)5(2,6(8,9)10)7(11,12)13;1-4(5(7,8)9,6(10,11)12)2(13)3(14)15;1-4(2,3-9)5(6,7)8/h2-9,16H,10H2,1H3;3H,1-2H3,(H,14,15);2H,13H2,1H3,(H,14,15);3H,1-2H3/t;3-;2-;/m.11./s1. The van der Waals surface area contributed by atoms with Crippen LogP contribution < -0.4 is 5.73 Å². The molecule has 4 N–H and O–H groups in total. The number of ether oxygens (including phenoxy) is 1. The Kier molecular flexibility index (Phi) is 16.9. The van der Waals surface area contributed by atoms with E-state index in [0.29, 0.717) is 13.5 Å². The number of carboxylic acid groups (broad SMARTS) is 2. The summed E-state index contributed by atoms with van der Waals surface area (Å²) in [4.78, 5) is 41.1. The van der Waals surface area contributed by atoms with Crippen molar-refractivity contribution in [2.75, 3.05) is 6.61 Å². The molecule has 23 heteroatoms. The van der Waals surface area contributed by atoms with Crippen molar-refractivity contribution in [2.45, 2.75) is 84.4 Å². The van der Waals surface area contributed by atoms with Gasteiger partial charge in [-0.25, -0.2) is 0 Å². The maximum Gasteiger partial charge on any atom is 0.405 e. The number of aliphatic carboxylic acids is 2. The number of aldehydes is 1. The molecular weight excluding hydrogens is 819 g/mol. The van der Waals surface area contributed by atoms with Crippen molar-refractivity contribution in [3.8, 4) is 11.1 Å². The molecule has 8 nitrogen and oxygen atoms in total. The SMILES string of the molecule is CC(=O)OCC1c2ccccc2-c2ccccc21.CC(C)(C=O)C(F)(F)F.CC([C@H](N)C(=O)O)(C(F)(F)F)C(F)(F)F.C[C@H](C(=O)O)C(C)(C(F)(F)F)C(F)(F)F. The first kappa shape index (κ1) is 52.4. The van der Waals surface area contributed by atoms with E-state index >= 15 is 0 Å². The summed E-state index contributed by atoms with van der Waals surface area (Å²) in [6, 6.07) is 13.5. The van der Waals surface area contributed by atoms with E-state index < -0.39 is 71.0 Å². The molecule has 0 heterocycles. The zero-order valence-electron chi connectivity index (χ0n) is 30.3. The molecule has 0 fully saturated rings. The number of fused-ring (bicyclic) bond motifs is 3. The fourth-order valence-electron chi connectivity index (χ4n) is 4.37. The molecule has 0 radical (unpaired) electrons. The number of carbonyl (C=O) groups is 4. The van der Waals surface area contributed by atoms with Crippen LogP contribution in [0.3, 0.4) is 0 Å². The average molecular weight is 856 g/mol. The van der Waals surface area contributed by atoms with Gasteiger partial charge < -0.3 is 25.5 Å². The number of esters is 1. The summed E-state index contributed by atoms with van der Waals surface area (Å²) in [5.41, 5.74) is -1.47. The van der Waals surface area contributed by atoms with Crippen LogP contribution in [0.2, 0.25) is 0 Å². The van der Waals surface area contributed by atoms with Crippen molar-refractivity contribution in [3.05, 3.63) is 59.7 Å². The van der Waals surface area contributed by atoms with Crippen LogP contribution in [0.5, 0.6) is 0 Å². The van der Waals surface area contributed by atoms with E-state index in [9.17, 15) is 85.0 Å². The summed E-state index contributed by atoms with van der Waals surface area (Å²) in [5.74, 6) is -7.17. The second kappa shape index (κ2) is 18.3. The Morgan fingerprint density at radius 3 is 1.18 bits per heavy atom. The largest absolute Gasteiger partial charge is 0.481 e. The van der Waals surface area contributed by atoms with Crippen LogP contribution in [0.15, 0.2) is 48.5 Å². The van der Waals surface area contributed by atoms with E-state index in [-0.39, 0.29) is 32.0 Å². The Morgan fingerprint density at radius 1 is 0.649 bits per heavy atom. The number of halogens is 15. The monoisotopic (exact) mass is 855 g/mol. The lowest BCUT2D eigenvalue weighted by Crippen LogP contribution is -2.61. The number of hydrogen-bond acceptors (Lipinski definition) is 6. The van der Waals surface area contributed by atoms with Gasteiger partial charge in [-0.1, -0.05) is 55.5 Å². The first-order chi connectivity index (χ1) is 25.3. The van der Waals surface area contributed by atoms with Gasteiger partial charge in [0.1, 0.15) is 24.3 Å². The lowest BCUT2D eigenvalue weighted by Gasteiger charge is -2.36. The molecule has 1 aliphatic rings. The average Bonchev–Trinajstić information content (AvgIpc) is 3.37. The fraction of sp³-hybridized carbons (Fsp3) is 0.529. The predicted molar refractivity (Wildman–Crippen MR) is 169 cm³/mol. The van der Waals surface area contributed by atoms with Crippen molar-refractivity contribution in [2.24, 2.45) is 27.9 Å². The minimum Gasteiger partial charge on any atom is -0.481 e. The second-order valence-electron chi connectivity index (χ2n) is 13.1. The second-order valence-corrected chi connectivity index (χ2v) is 13.1. The van der Waals surface area contributed by atoms with Gasteiger partial charge in [0.2, 0.25) is 0 Å². The summed E-state index contributed by atoms with van der Waals surface area (Å²) < 4.78 is 186. The molecule has 0 unspecified atom stereocenters. The maximum atomic E-state index is 12.2. The molecule has 57 heavy (non-hydrogen) atoms. The number of benzene rings is 2. The summed E-state index contributed by atoms with van der Waals surface area (Å²) in [7, 11) is 0. The van der Waals surface area contributed by atoms with E-state index in [1.54, 1.807) is 0 Å². The normalized spacial score (nSPS) is 14.8. The number of rotatable bonds is 7. The molecule has 0 amide bonds. The summed E-state index contributed by atoms with van der Waals surface area (Å²) in [5, 5.41) is 16.4. The van der Waals surface area contributed by atoms with Gasteiger partial charge in [-0.15, -0.1) is 0 Å². The van der Waals surface area contributed by atoms with Crippen LogP contribution >= 0.6 is 0 Å². The third-order valence-corrected chi connectivity index (χ3v) is 8.92. The highest BCUT2D eigenvalue weighted by Gasteiger charge is 2.73. The Labute approximate surface area is 314 Å². The van der Waals surface area contributed by atoms with Crippen molar-refractivity contribution in [3.63, 3.8) is 0 Å². The summed E-state index contributed by atoms with van der Waals surface area (Å²) >= 11 is 0. The minimum atomic E-state index is -5.79. The molecule has 3 rings (SSSR count). The molecule has 0 spiro atoms. The zero-order chi connectivity index (χ0) is 45.6. The van der Waals surface area contributed by atoms with Crippen LogP contribution in [-0.4, -0.2) is 77.9 Å². The molecule has 2 atom stereocenters. The van der Waals surface area contributed by atoms with Gasteiger partial charge in [0.05, 0.1) is 5.92 Å². The van der Waals surface area contributed by atoms with E-state index in [1.165, 1.54) is 29.2 Å². The molecule has 1 aliphatic carbocycles. The van der Waals surface area contributed by atoms with Crippen LogP contribution in [0, 0.1) is 22.2 Å². The molecule has 2 aromatic rings. The number of alkyl halides is 15. The molecule has 0 bridgehead atoms. The Morgan fingerprint density at radius 2 is 0.982 bits per heavy atom. The molecule has 0 aromatic heterocycles. The lowest BCUT2D eigenvalue weighted by atomic mass is 9.76. The Hall–Kier alpha value is -4.57. The third kappa shape index (κ3) is 12.0. The number of hydrogen-bond donors (Lipinski definition) is 3. The molecular formula is C34H36F15NO7. The van der Waals surface area contributed by atoms with Crippen molar-refractivity contribution < 1.29 is 100.0 Å². The fourth-order valence-corrected chi connectivity index (χ4v) is 4.37. The first-order valence-corrected chi connectivity index (χ1v) is 15.6. The molecule has 0 saturated heterocycles. The molecule has 324 valence electrons. The van der Waals surface area contributed by atoms with E-state index in [1.807, 2.05) is 24.3 Å². The predicted octanol–water partition coefficient (Wildman–Crippen LogP) is 9.50. The highest BCUT2D eigenvalue weighted by atomic mass is 19.4. The van der Waals surface area contributed by atoms with Crippen LogP contribution in [-0.2, 0) is 23.9 Å². The summed E-state index contributed by atoms with van der Waals surface area (Å²) in [6.45, 7) is 3.47. The zero-order valence-corrected chi connectivity index (χ0v) is 30.3. The first-order valence-electron chi connectivity index (χ1n) is 15.6. The Balaban J connectivity index is 0.000000754. The van der Waals surface area contributed by atoms with Gasteiger partial charge in [0.25, 0.3) is 0 Å². The van der Waals surface area contributed by atoms with Crippen LogP contribution in [0.1, 0.15) is 58.6 Å². The van der Waals surface area contributed by atoms with Gasteiger partial charge in [0, 0.05) is 12.8 Å². The Bertz CT molecular complexity index is 1570. The van der Waals surface area contributed by atoms with Gasteiger partial charge in [-0.3, -0.25) is 14.4 Å². The lowest BCUT2D eigenvalue weighted by molar-refractivity contribution is -0.347. The van der Waals surface area contributed by atoms with Gasteiger partial charge >= 0.3 is 48.8 Å². The van der Waals surface area contributed by atoms with Crippen molar-refractivity contribution >= 4 is 24.2 Å². The third-order valence-electron chi connectivity index (χ3n) is 8.92. The molecule has 0 aliphatic heterocycles. The minimum absolute atomic E-state index is 0.104. The highest BCUT2D eigenvalue weighted by molar-refractivity contribution is 5.79. The van der Waals surface area contributed by atoms with E-state index in [4.69, 9.17) is 14.9 Å². The topological polar surface area (TPSA) is 144 Å². The summed E-state index contributed by atoms with van der Waals surface area (Å²) in [6.07, 6.45) is -27.4. The van der Waals surface area contributed by atoms with Gasteiger partial charge in [-0.05, 0) is 49.9 Å².